The van der Waals surface area contributed by atoms with E-state index in [1.165, 1.54) is 0 Å². The maximum Gasteiger partial charge on any atom is 0.410 e. The quantitative estimate of drug-likeness (QED) is 0.739. The highest BCUT2D eigenvalue weighted by atomic mass is 79.9. The molecule has 0 spiro atoms. The van der Waals surface area contributed by atoms with Gasteiger partial charge >= 0.3 is 6.09 Å². The Morgan fingerprint density at radius 2 is 2.24 bits per heavy atom. The normalized spacial score (nSPS) is 15.6. The summed E-state index contributed by atoms with van der Waals surface area (Å²) in [5.74, 6) is 0.844. The highest BCUT2D eigenvalue weighted by Crippen LogP contribution is 2.26. The van der Waals surface area contributed by atoms with Crippen molar-refractivity contribution in [3.63, 3.8) is 0 Å². The van der Waals surface area contributed by atoms with Crippen LogP contribution < -0.4 is 0 Å². The molecular weight excluding hydrogens is 288 g/mol. The van der Waals surface area contributed by atoms with E-state index in [1.807, 2.05) is 20.8 Å². The summed E-state index contributed by atoms with van der Waals surface area (Å²) in [6.07, 6.45) is 0.379. The molecule has 1 aliphatic heterocycles. The molecular formula is C11H15BrN2O3. The lowest BCUT2D eigenvalue weighted by molar-refractivity contribution is 0.0218. The minimum Gasteiger partial charge on any atom is -0.444 e. The Bertz CT molecular complexity index is 436. The molecule has 0 saturated carbocycles. The molecule has 94 valence electrons. The molecule has 0 unspecified atom stereocenters. The van der Waals surface area contributed by atoms with Crippen molar-refractivity contribution < 1.29 is 14.1 Å². The number of amides is 1. The number of aromatic nitrogens is 1. The number of hydrogen-bond acceptors (Lipinski definition) is 4. The number of fused-ring (bicyclic) bond motifs is 1. The van der Waals surface area contributed by atoms with Crippen LogP contribution in [0, 0.1) is 0 Å². The molecule has 0 saturated heterocycles. The van der Waals surface area contributed by atoms with Crippen LogP contribution in [0.25, 0.3) is 0 Å². The SMILES string of the molecule is CC(C)(C)OC(=O)N1CCc2onc(Br)c2C1. The summed E-state index contributed by atoms with van der Waals surface area (Å²) < 4.78 is 11.1. The van der Waals surface area contributed by atoms with Crippen LogP contribution in [0.5, 0.6) is 0 Å². The van der Waals surface area contributed by atoms with Gasteiger partial charge in [-0.2, -0.15) is 0 Å². The lowest BCUT2D eigenvalue weighted by atomic mass is 10.1. The second kappa shape index (κ2) is 4.33. The first-order valence-corrected chi connectivity index (χ1v) is 6.27. The second-order valence-electron chi connectivity index (χ2n) is 5.03. The Morgan fingerprint density at radius 3 is 2.88 bits per heavy atom. The van der Waals surface area contributed by atoms with E-state index in [4.69, 9.17) is 9.26 Å². The van der Waals surface area contributed by atoms with Crippen molar-refractivity contribution in [2.24, 2.45) is 0 Å². The Morgan fingerprint density at radius 1 is 1.53 bits per heavy atom. The van der Waals surface area contributed by atoms with Gasteiger partial charge < -0.3 is 14.2 Å². The van der Waals surface area contributed by atoms with E-state index in [-0.39, 0.29) is 6.09 Å². The van der Waals surface area contributed by atoms with Gasteiger partial charge in [0.1, 0.15) is 11.4 Å². The number of halogens is 1. The minimum atomic E-state index is -0.469. The predicted octanol–water partition coefficient (Wildman–Crippen LogP) is 2.73. The van der Waals surface area contributed by atoms with Gasteiger partial charge in [0.15, 0.2) is 4.60 Å². The van der Waals surface area contributed by atoms with Crippen LogP contribution in [-0.2, 0) is 17.7 Å². The lowest BCUT2D eigenvalue weighted by Gasteiger charge is -2.29. The van der Waals surface area contributed by atoms with Gasteiger partial charge in [-0.05, 0) is 36.7 Å². The van der Waals surface area contributed by atoms with E-state index in [2.05, 4.69) is 21.1 Å². The average molecular weight is 303 g/mol. The first-order valence-electron chi connectivity index (χ1n) is 5.47. The number of rotatable bonds is 0. The number of nitrogens with zero attached hydrogens (tertiary/aromatic N) is 2. The van der Waals surface area contributed by atoms with E-state index < -0.39 is 5.60 Å². The van der Waals surface area contributed by atoms with Crippen molar-refractivity contribution in [3.8, 4) is 0 Å². The van der Waals surface area contributed by atoms with Gasteiger partial charge in [-0.25, -0.2) is 4.79 Å². The lowest BCUT2D eigenvalue weighted by Crippen LogP contribution is -2.39. The van der Waals surface area contributed by atoms with Gasteiger partial charge in [-0.3, -0.25) is 0 Å². The summed E-state index contributed by atoms with van der Waals surface area (Å²) in [6.45, 7) is 6.65. The van der Waals surface area contributed by atoms with Crippen LogP contribution in [0.15, 0.2) is 9.13 Å². The maximum absolute atomic E-state index is 11.9. The molecule has 0 aliphatic carbocycles. The fraction of sp³-hybridized carbons (Fsp3) is 0.636. The zero-order valence-corrected chi connectivity index (χ0v) is 11.7. The molecule has 1 aliphatic rings. The highest BCUT2D eigenvalue weighted by Gasteiger charge is 2.29. The molecule has 17 heavy (non-hydrogen) atoms. The molecule has 2 rings (SSSR count). The third-order valence-electron chi connectivity index (χ3n) is 2.43. The zero-order valence-electron chi connectivity index (χ0n) is 10.1. The summed E-state index contributed by atoms with van der Waals surface area (Å²) in [5.41, 5.74) is 0.463. The first-order chi connectivity index (χ1) is 7.87. The van der Waals surface area contributed by atoms with Crippen LogP contribution in [0.4, 0.5) is 4.79 Å². The molecule has 0 radical (unpaired) electrons. The largest absolute Gasteiger partial charge is 0.444 e. The standard InChI is InChI=1S/C11H15BrN2O3/c1-11(2,3)16-10(15)14-5-4-8-7(6-14)9(12)13-17-8/h4-6H2,1-3H3. The smallest absolute Gasteiger partial charge is 0.410 e. The third-order valence-corrected chi connectivity index (χ3v) is 3.05. The van der Waals surface area contributed by atoms with E-state index in [9.17, 15) is 4.79 Å². The fourth-order valence-corrected chi connectivity index (χ4v) is 2.08. The summed E-state index contributed by atoms with van der Waals surface area (Å²) in [4.78, 5) is 13.6. The Kier molecular flexibility index (Phi) is 3.16. The number of carbonyl (C=O) groups is 1. The maximum atomic E-state index is 11.9. The summed E-state index contributed by atoms with van der Waals surface area (Å²) >= 11 is 3.31. The monoisotopic (exact) mass is 302 g/mol. The van der Waals surface area contributed by atoms with Crippen molar-refractivity contribution in [1.29, 1.82) is 0 Å². The van der Waals surface area contributed by atoms with Crippen LogP contribution >= 0.6 is 15.9 Å². The highest BCUT2D eigenvalue weighted by molar-refractivity contribution is 9.10. The molecule has 0 bridgehead atoms. The van der Waals surface area contributed by atoms with Crippen molar-refractivity contribution in [1.82, 2.24) is 10.1 Å². The van der Waals surface area contributed by atoms with Crippen LogP contribution in [0.1, 0.15) is 32.1 Å². The van der Waals surface area contributed by atoms with E-state index >= 15 is 0 Å². The van der Waals surface area contributed by atoms with E-state index in [0.29, 0.717) is 24.1 Å². The predicted molar refractivity (Wildman–Crippen MR) is 64.6 cm³/mol. The van der Waals surface area contributed by atoms with Crippen molar-refractivity contribution in [2.75, 3.05) is 6.54 Å². The molecule has 2 heterocycles. The van der Waals surface area contributed by atoms with E-state index in [1.54, 1.807) is 4.90 Å². The molecule has 0 atom stereocenters. The second-order valence-corrected chi connectivity index (χ2v) is 5.78. The number of ether oxygens (including phenoxy) is 1. The zero-order chi connectivity index (χ0) is 12.6. The minimum absolute atomic E-state index is 0.295. The molecule has 0 N–H and O–H groups in total. The Labute approximate surface area is 108 Å². The average Bonchev–Trinajstić information content (AvgIpc) is 2.57. The molecule has 5 nitrogen and oxygen atoms in total. The van der Waals surface area contributed by atoms with Crippen LogP contribution in [0.3, 0.4) is 0 Å². The topological polar surface area (TPSA) is 55.6 Å². The molecule has 0 fully saturated rings. The van der Waals surface area contributed by atoms with Gasteiger partial charge in [-0.15, -0.1) is 0 Å². The van der Waals surface area contributed by atoms with E-state index in [0.717, 1.165) is 11.3 Å². The Balaban J connectivity index is 2.07. The van der Waals surface area contributed by atoms with Crippen molar-refractivity contribution >= 4 is 22.0 Å². The molecule has 6 heteroatoms. The van der Waals surface area contributed by atoms with Gasteiger partial charge in [0.25, 0.3) is 0 Å². The van der Waals surface area contributed by atoms with Crippen LogP contribution in [0.2, 0.25) is 0 Å². The number of carbonyl (C=O) groups excluding carboxylic acids is 1. The van der Waals surface area contributed by atoms with Gasteiger partial charge in [0.05, 0.1) is 6.54 Å². The summed E-state index contributed by atoms with van der Waals surface area (Å²) in [5, 5.41) is 3.83. The summed E-state index contributed by atoms with van der Waals surface area (Å²) in [6, 6.07) is 0. The van der Waals surface area contributed by atoms with Gasteiger partial charge in [0, 0.05) is 18.5 Å². The van der Waals surface area contributed by atoms with Gasteiger partial charge in [0.2, 0.25) is 0 Å². The van der Waals surface area contributed by atoms with Crippen LogP contribution in [-0.4, -0.2) is 28.3 Å². The molecule has 1 aromatic heterocycles. The summed E-state index contributed by atoms with van der Waals surface area (Å²) in [7, 11) is 0. The Hall–Kier alpha value is -1.04. The number of hydrogen-bond donors (Lipinski definition) is 0. The van der Waals surface area contributed by atoms with Gasteiger partial charge in [-0.1, -0.05) is 5.16 Å². The first kappa shape index (κ1) is 12.4. The molecule has 1 aromatic rings. The van der Waals surface area contributed by atoms with Crippen molar-refractivity contribution in [2.45, 2.75) is 39.3 Å². The molecule has 1 amide bonds. The fourth-order valence-electron chi connectivity index (χ4n) is 1.66. The van der Waals surface area contributed by atoms with Crippen molar-refractivity contribution in [3.05, 3.63) is 15.9 Å². The molecule has 0 aromatic carbocycles. The third kappa shape index (κ3) is 2.80.